The van der Waals surface area contributed by atoms with Crippen LogP contribution in [0.2, 0.25) is 0 Å². The number of hydrogen-bond acceptors (Lipinski definition) is 3. The van der Waals surface area contributed by atoms with Gasteiger partial charge in [0.2, 0.25) is 0 Å². The molecule has 0 saturated heterocycles. The van der Waals surface area contributed by atoms with Gasteiger partial charge in [-0.2, -0.15) is 0 Å². The smallest absolute Gasteiger partial charge is 0.0991 e. The van der Waals surface area contributed by atoms with Crippen molar-refractivity contribution in [3.05, 3.63) is 12.3 Å². The minimum atomic E-state index is -0.357. The first kappa shape index (κ1) is 9.46. The summed E-state index contributed by atoms with van der Waals surface area (Å²) in [5.41, 5.74) is 0. The molecule has 0 bridgehead atoms. The maximum atomic E-state index is 8.88. The zero-order valence-electron chi connectivity index (χ0n) is 6.54. The summed E-state index contributed by atoms with van der Waals surface area (Å²) in [5.74, 6) is 0.128. The lowest BCUT2D eigenvalue weighted by Gasteiger charge is -2.16. The van der Waals surface area contributed by atoms with Crippen LogP contribution < -0.4 is 0 Å². The molecule has 10 heavy (non-hydrogen) atoms. The largest absolute Gasteiger partial charge is 0.512 e. The zero-order chi connectivity index (χ0) is 8.15. The summed E-state index contributed by atoms with van der Waals surface area (Å²) in [4.78, 5) is 1.80. The number of nitrogens with zero attached hydrogens (tertiary/aromatic N) is 1. The average Bonchev–Trinajstić information content (AvgIpc) is 1.58. The number of hydrogen-bond donors (Lipinski definition) is 2. The van der Waals surface area contributed by atoms with Crippen LogP contribution in [-0.4, -0.2) is 41.4 Å². The van der Waals surface area contributed by atoms with E-state index in [0.29, 0.717) is 13.1 Å². The molecule has 3 nitrogen and oxygen atoms in total. The van der Waals surface area contributed by atoms with Crippen molar-refractivity contribution >= 4 is 0 Å². The Bertz CT molecular complexity index is 112. The second kappa shape index (κ2) is 4.30. The van der Waals surface area contributed by atoms with Gasteiger partial charge in [-0.05, 0) is 14.0 Å². The number of aliphatic hydroxyl groups excluding tert-OH is 2. The quantitative estimate of drug-likeness (QED) is 0.562. The Kier molecular flexibility index (Phi) is 4.07. The van der Waals surface area contributed by atoms with E-state index in [-0.39, 0.29) is 11.9 Å². The molecule has 0 rings (SSSR count). The summed E-state index contributed by atoms with van der Waals surface area (Å²) in [7, 11) is 1.81. The zero-order valence-corrected chi connectivity index (χ0v) is 6.54. The minimum absolute atomic E-state index is 0.128. The van der Waals surface area contributed by atoms with Crippen LogP contribution in [-0.2, 0) is 0 Å². The van der Waals surface area contributed by atoms with Crippen molar-refractivity contribution in [3.63, 3.8) is 0 Å². The van der Waals surface area contributed by atoms with Crippen LogP contribution in [0.4, 0.5) is 0 Å². The maximum absolute atomic E-state index is 8.88. The summed E-state index contributed by atoms with van der Waals surface area (Å²) in [6.07, 6.45) is -0.357. The molecule has 0 aromatic rings. The molecule has 0 unspecified atom stereocenters. The third kappa shape index (κ3) is 5.59. The van der Waals surface area contributed by atoms with Gasteiger partial charge in [0, 0.05) is 6.54 Å². The van der Waals surface area contributed by atoms with E-state index in [9.17, 15) is 0 Å². The first-order valence-corrected chi connectivity index (χ1v) is 3.25. The highest BCUT2D eigenvalue weighted by atomic mass is 16.3. The van der Waals surface area contributed by atoms with E-state index in [1.807, 2.05) is 7.05 Å². The molecule has 3 heteroatoms. The van der Waals surface area contributed by atoms with Crippen LogP contribution in [0.1, 0.15) is 6.92 Å². The van der Waals surface area contributed by atoms with Crippen LogP contribution in [0, 0.1) is 0 Å². The minimum Gasteiger partial charge on any atom is -0.512 e. The molecule has 0 fully saturated rings. The fourth-order valence-electron chi connectivity index (χ4n) is 0.827. The van der Waals surface area contributed by atoms with Crippen LogP contribution >= 0.6 is 0 Å². The van der Waals surface area contributed by atoms with E-state index in [0.717, 1.165) is 0 Å². The Labute approximate surface area is 61.6 Å². The van der Waals surface area contributed by atoms with Crippen molar-refractivity contribution in [2.75, 3.05) is 20.1 Å². The Hall–Kier alpha value is -0.540. The van der Waals surface area contributed by atoms with Gasteiger partial charge >= 0.3 is 0 Å². The van der Waals surface area contributed by atoms with Gasteiger partial charge in [0.15, 0.2) is 0 Å². The highest BCUT2D eigenvalue weighted by Gasteiger charge is 2.02. The molecule has 0 spiro atoms. The molecule has 0 aliphatic heterocycles. The fraction of sp³-hybridized carbons (Fsp3) is 0.714. The topological polar surface area (TPSA) is 43.7 Å². The van der Waals surface area contributed by atoms with Gasteiger partial charge in [-0.15, -0.1) is 0 Å². The van der Waals surface area contributed by atoms with Gasteiger partial charge in [-0.1, -0.05) is 6.58 Å². The molecule has 0 aromatic carbocycles. The lowest BCUT2D eigenvalue weighted by Crippen LogP contribution is -2.28. The number of rotatable bonds is 4. The van der Waals surface area contributed by atoms with Crippen LogP contribution in [0.3, 0.4) is 0 Å². The van der Waals surface area contributed by atoms with E-state index in [1.165, 1.54) is 0 Å². The molecule has 60 valence electrons. The summed E-state index contributed by atoms with van der Waals surface area (Å²) >= 11 is 0. The Morgan fingerprint density at radius 1 is 1.70 bits per heavy atom. The van der Waals surface area contributed by atoms with Crippen LogP contribution in [0.5, 0.6) is 0 Å². The second-order valence-electron chi connectivity index (χ2n) is 2.61. The molecule has 0 aliphatic carbocycles. The molecule has 2 N–H and O–H groups in total. The molecule has 0 aliphatic rings. The predicted octanol–water partition coefficient (Wildman–Crippen LogP) is 0.371. The van der Waals surface area contributed by atoms with E-state index in [1.54, 1.807) is 11.8 Å². The van der Waals surface area contributed by atoms with Gasteiger partial charge in [-0.3, -0.25) is 4.90 Å². The summed E-state index contributed by atoms with van der Waals surface area (Å²) in [6.45, 7) is 6.02. The molecular formula is C7H15NO2. The number of likely N-dealkylation sites (N-methyl/N-ethyl adjacent to an activating group) is 1. The van der Waals surface area contributed by atoms with E-state index >= 15 is 0 Å². The summed E-state index contributed by atoms with van der Waals surface area (Å²) in [6, 6.07) is 0. The Balaban J connectivity index is 3.43. The standard InChI is InChI=1S/C7H15NO2/c1-6(9)4-8(3)5-7(2)10/h7,9-10H,1,4-5H2,2-3H3/t7-/m0/s1. The molecule has 0 saturated carbocycles. The van der Waals surface area contributed by atoms with E-state index < -0.39 is 0 Å². The highest BCUT2D eigenvalue weighted by Crippen LogP contribution is 1.91. The normalized spacial score (nSPS) is 13.6. The second-order valence-corrected chi connectivity index (χ2v) is 2.61. The van der Waals surface area contributed by atoms with Gasteiger partial charge < -0.3 is 10.2 Å². The third-order valence-electron chi connectivity index (χ3n) is 1.03. The lowest BCUT2D eigenvalue weighted by molar-refractivity contribution is 0.140. The van der Waals surface area contributed by atoms with Crippen molar-refractivity contribution in [3.8, 4) is 0 Å². The molecular weight excluding hydrogens is 130 g/mol. The summed E-state index contributed by atoms with van der Waals surface area (Å²) in [5, 5.41) is 17.6. The monoisotopic (exact) mass is 145 g/mol. The Morgan fingerprint density at radius 3 is 2.50 bits per heavy atom. The molecule has 1 atom stereocenters. The van der Waals surface area contributed by atoms with Crippen LogP contribution in [0.15, 0.2) is 12.3 Å². The first-order valence-electron chi connectivity index (χ1n) is 3.25. The predicted molar refractivity (Wildman–Crippen MR) is 40.9 cm³/mol. The fourth-order valence-corrected chi connectivity index (χ4v) is 0.827. The van der Waals surface area contributed by atoms with Crippen molar-refractivity contribution in [1.29, 1.82) is 0 Å². The van der Waals surface area contributed by atoms with Crippen LogP contribution in [0.25, 0.3) is 0 Å². The van der Waals surface area contributed by atoms with Crippen molar-refractivity contribution < 1.29 is 10.2 Å². The van der Waals surface area contributed by atoms with Gasteiger partial charge in [-0.25, -0.2) is 0 Å². The van der Waals surface area contributed by atoms with Gasteiger partial charge in [0.05, 0.1) is 18.4 Å². The highest BCUT2D eigenvalue weighted by molar-refractivity contribution is 4.82. The average molecular weight is 145 g/mol. The first-order chi connectivity index (χ1) is 4.52. The maximum Gasteiger partial charge on any atom is 0.0991 e. The lowest BCUT2D eigenvalue weighted by atomic mass is 10.3. The van der Waals surface area contributed by atoms with Crippen molar-refractivity contribution in [2.24, 2.45) is 0 Å². The molecule has 0 amide bonds. The van der Waals surface area contributed by atoms with E-state index in [4.69, 9.17) is 10.2 Å². The van der Waals surface area contributed by atoms with Crippen molar-refractivity contribution in [1.82, 2.24) is 4.90 Å². The molecule has 0 radical (unpaired) electrons. The SMILES string of the molecule is C=C(O)CN(C)C[C@H](C)O. The molecule has 0 heterocycles. The van der Waals surface area contributed by atoms with Crippen molar-refractivity contribution in [2.45, 2.75) is 13.0 Å². The van der Waals surface area contributed by atoms with Gasteiger partial charge in [0.1, 0.15) is 0 Å². The van der Waals surface area contributed by atoms with Gasteiger partial charge in [0.25, 0.3) is 0 Å². The summed E-state index contributed by atoms with van der Waals surface area (Å²) < 4.78 is 0. The van der Waals surface area contributed by atoms with E-state index in [2.05, 4.69) is 6.58 Å². The molecule has 0 aromatic heterocycles. The third-order valence-corrected chi connectivity index (χ3v) is 1.03. The number of aliphatic hydroxyl groups is 2. The Morgan fingerprint density at radius 2 is 2.20 bits per heavy atom.